The molecule has 0 fully saturated rings. The molecular formula is C27H24N2O5S. The van der Waals surface area contributed by atoms with E-state index in [2.05, 4.69) is 5.32 Å². The SMILES string of the molecule is Cc1oc2cc(O[C@@H](C)C(=O)Nc3sc4c(c3C(N)=O)CCC4)ccc2c(=O)c1-c1ccccc1. The van der Waals surface area contributed by atoms with E-state index in [4.69, 9.17) is 14.9 Å². The summed E-state index contributed by atoms with van der Waals surface area (Å²) < 4.78 is 11.8. The van der Waals surface area contributed by atoms with Crippen molar-refractivity contribution in [2.45, 2.75) is 39.2 Å². The minimum atomic E-state index is -0.860. The van der Waals surface area contributed by atoms with E-state index in [9.17, 15) is 14.4 Å². The molecule has 1 aliphatic carbocycles. The zero-order chi connectivity index (χ0) is 24.7. The maximum Gasteiger partial charge on any atom is 0.265 e. The zero-order valence-electron chi connectivity index (χ0n) is 19.3. The highest BCUT2D eigenvalue weighted by Gasteiger charge is 2.27. The zero-order valence-corrected chi connectivity index (χ0v) is 20.2. The Kier molecular flexibility index (Phi) is 5.90. The largest absolute Gasteiger partial charge is 0.481 e. The smallest absolute Gasteiger partial charge is 0.265 e. The highest BCUT2D eigenvalue weighted by atomic mass is 32.1. The number of aryl methyl sites for hydroxylation is 2. The molecule has 0 bridgehead atoms. The first-order chi connectivity index (χ1) is 16.8. The van der Waals surface area contributed by atoms with Crippen molar-refractivity contribution >= 4 is 39.1 Å². The van der Waals surface area contributed by atoms with Crippen molar-refractivity contribution in [2.24, 2.45) is 5.73 Å². The van der Waals surface area contributed by atoms with E-state index in [0.717, 1.165) is 35.3 Å². The van der Waals surface area contributed by atoms with Gasteiger partial charge in [0.15, 0.2) is 6.10 Å². The van der Waals surface area contributed by atoms with Gasteiger partial charge in [0.25, 0.3) is 11.8 Å². The highest BCUT2D eigenvalue weighted by Crippen LogP contribution is 2.39. The molecule has 0 unspecified atom stereocenters. The lowest BCUT2D eigenvalue weighted by Crippen LogP contribution is -2.30. The molecule has 5 rings (SSSR count). The molecule has 4 aromatic rings. The normalized spacial score (nSPS) is 13.4. The fraction of sp³-hybridized carbons (Fsp3) is 0.222. The van der Waals surface area contributed by atoms with Crippen molar-refractivity contribution in [3.63, 3.8) is 0 Å². The van der Waals surface area contributed by atoms with Crippen molar-refractivity contribution in [1.82, 2.24) is 0 Å². The molecule has 35 heavy (non-hydrogen) atoms. The Morgan fingerprint density at radius 1 is 1.14 bits per heavy atom. The van der Waals surface area contributed by atoms with Crippen LogP contribution in [0.25, 0.3) is 22.1 Å². The van der Waals surface area contributed by atoms with E-state index >= 15 is 0 Å². The van der Waals surface area contributed by atoms with E-state index < -0.39 is 17.9 Å². The van der Waals surface area contributed by atoms with Gasteiger partial charge < -0.3 is 20.2 Å². The highest BCUT2D eigenvalue weighted by molar-refractivity contribution is 7.17. The van der Waals surface area contributed by atoms with Crippen molar-refractivity contribution in [2.75, 3.05) is 5.32 Å². The molecule has 0 radical (unpaired) electrons. The van der Waals surface area contributed by atoms with Gasteiger partial charge in [-0.1, -0.05) is 30.3 Å². The number of carbonyl (C=O) groups is 2. The second-order valence-electron chi connectivity index (χ2n) is 8.56. The number of amides is 2. The van der Waals surface area contributed by atoms with Gasteiger partial charge in [-0.2, -0.15) is 0 Å². The van der Waals surface area contributed by atoms with Crippen LogP contribution in [-0.4, -0.2) is 17.9 Å². The fourth-order valence-electron chi connectivity index (χ4n) is 4.52. The van der Waals surface area contributed by atoms with Crippen LogP contribution < -0.4 is 21.2 Å². The summed E-state index contributed by atoms with van der Waals surface area (Å²) in [5.74, 6) is -0.0482. The molecule has 178 valence electrons. The van der Waals surface area contributed by atoms with Gasteiger partial charge in [0, 0.05) is 10.9 Å². The molecule has 3 N–H and O–H groups in total. The second-order valence-corrected chi connectivity index (χ2v) is 9.67. The van der Waals surface area contributed by atoms with Crippen LogP contribution in [-0.2, 0) is 17.6 Å². The number of ether oxygens (including phenoxy) is 1. The first-order valence-electron chi connectivity index (χ1n) is 11.4. The Labute approximate surface area is 205 Å². The van der Waals surface area contributed by atoms with E-state index in [0.29, 0.717) is 38.6 Å². The molecule has 2 heterocycles. The van der Waals surface area contributed by atoms with Crippen molar-refractivity contribution in [3.8, 4) is 16.9 Å². The fourth-order valence-corrected chi connectivity index (χ4v) is 5.82. The van der Waals surface area contributed by atoms with Crippen LogP contribution in [0.4, 0.5) is 5.00 Å². The van der Waals surface area contributed by atoms with E-state index in [1.165, 1.54) is 11.3 Å². The van der Waals surface area contributed by atoms with Crippen LogP contribution in [0.5, 0.6) is 5.75 Å². The third-order valence-corrected chi connectivity index (χ3v) is 7.40. The van der Waals surface area contributed by atoms with Gasteiger partial charge in [0.05, 0.1) is 16.5 Å². The molecule has 0 saturated carbocycles. The molecule has 0 saturated heterocycles. The Morgan fingerprint density at radius 3 is 2.66 bits per heavy atom. The summed E-state index contributed by atoms with van der Waals surface area (Å²) in [5, 5.41) is 3.70. The summed E-state index contributed by atoms with van der Waals surface area (Å²) in [7, 11) is 0. The molecule has 1 atom stereocenters. The molecule has 2 aromatic heterocycles. The molecular weight excluding hydrogens is 464 g/mol. The average Bonchev–Trinajstić information content (AvgIpc) is 3.40. The first kappa shape index (κ1) is 22.9. The molecule has 8 heteroatoms. The van der Waals surface area contributed by atoms with Crippen LogP contribution in [0, 0.1) is 6.92 Å². The summed E-state index contributed by atoms with van der Waals surface area (Å²) in [4.78, 5) is 39.1. The molecule has 0 aliphatic heterocycles. The lowest BCUT2D eigenvalue weighted by molar-refractivity contribution is -0.122. The second kappa shape index (κ2) is 9.03. The predicted molar refractivity (Wildman–Crippen MR) is 136 cm³/mol. The van der Waals surface area contributed by atoms with Crippen LogP contribution in [0.2, 0.25) is 0 Å². The number of hydrogen-bond acceptors (Lipinski definition) is 6. The van der Waals surface area contributed by atoms with Crippen LogP contribution in [0.1, 0.15) is 39.9 Å². The van der Waals surface area contributed by atoms with Gasteiger partial charge >= 0.3 is 0 Å². The maximum atomic E-state index is 13.1. The van der Waals surface area contributed by atoms with Crippen molar-refractivity contribution in [3.05, 3.63) is 80.5 Å². The van der Waals surface area contributed by atoms with Crippen molar-refractivity contribution in [1.29, 1.82) is 0 Å². The summed E-state index contributed by atoms with van der Waals surface area (Å²) in [6.45, 7) is 3.37. The Balaban J connectivity index is 1.37. The number of hydrogen-bond donors (Lipinski definition) is 2. The lowest BCUT2D eigenvalue weighted by Gasteiger charge is -2.15. The summed E-state index contributed by atoms with van der Waals surface area (Å²) >= 11 is 1.40. The number of benzene rings is 2. The van der Waals surface area contributed by atoms with E-state index in [1.54, 1.807) is 32.0 Å². The number of thiophene rings is 1. The Hall–Kier alpha value is -3.91. The Bertz CT molecular complexity index is 1520. The number of carbonyl (C=O) groups excluding carboxylic acids is 2. The number of rotatable bonds is 6. The summed E-state index contributed by atoms with van der Waals surface area (Å²) in [5.41, 5.74) is 8.49. The van der Waals surface area contributed by atoms with Crippen molar-refractivity contribution < 1.29 is 18.7 Å². The quantitative estimate of drug-likeness (QED) is 0.404. The monoisotopic (exact) mass is 488 g/mol. The molecule has 1 aliphatic rings. The number of nitrogens with one attached hydrogen (secondary N) is 1. The summed E-state index contributed by atoms with van der Waals surface area (Å²) in [6.07, 6.45) is 1.80. The number of primary amides is 1. The number of fused-ring (bicyclic) bond motifs is 2. The van der Waals surface area contributed by atoms with Gasteiger partial charge in [-0.25, -0.2) is 0 Å². The lowest BCUT2D eigenvalue weighted by atomic mass is 10.0. The third-order valence-electron chi connectivity index (χ3n) is 6.19. The Morgan fingerprint density at radius 2 is 1.91 bits per heavy atom. The van der Waals surface area contributed by atoms with Crippen LogP contribution >= 0.6 is 11.3 Å². The third kappa shape index (κ3) is 4.21. The average molecular weight is 489 g/mol. The topological polar surface area (TPSA) is 112 Å². The molecule has 0 spiro atoms. The summed E-state index contributed by atoms with van der Waals surface area (Å²) in [6, 6.07) is 14.3. The van der Waals surface area contributed by atoms with Gasteiger partial charge in [-0.15, -0.1) is 11.3 Å². The van der Waals surface area contributed by atoms with Crippen LogP contribution in [0.3, 0.4) is 0 Å². The number of nitrogens with two attached hydrogens (primary N) is 1. The van der Waals surface area contributed by atoms with E-state index in [-0.39, 0.29) is 5.43 Å². The molecule has 2 aromatic carbocycles. The molecule has 7 nitrogen and oxygen atoms in total. The standard InChI is InChI=1S/C27H24N2O5S/c1-14-22(16-7-4-3-5-8-16)24(30)18-12-11-17(13-20(18)34-14)33-15(2)26(32)29-27-23(25(28)31)19-9-6-10-21(19)35-27/h3-5,7-8,11-13,15H,6,9-10H2,1-2H3,(H2,28,31)(H,29,32)/t15-/m0/s1. The predicted octanol–water partition coefficient (Wildman–Crippen LogP) is 4.82. The van der Waals surface area contributed by atoms with Crippen LogP contribution in [0.15, 0.2) is 57.7 Å². The number of anilines is 1. The van der Waals surface area contributed by atoms with Gasteiger partial charge in [-0.05, 0) is 56.4 Å². The van der Waals surface area contributed by atoms with Gasteiger partial charge in [0.2, 0.25) is 5.43 Å². The van der Waals surface area contributed by atoms with Gasteiger partial charge in [-0.3, -0.25) is 14.4 Å². The first-order valence-corrected chi connectivity index (χ1v) is 12.2. The molecule has 2 amide bonds. The minimum Gasteiger partial charge on any atom is -0.481 e. The van der Waals surface area contributed by atoms with E-state index in [1.807, 2.05) is 30.3 Å². The minimum absolute atomic E-state index is 0.128. The maximum absolute atomic E-state index is 13.1. The van der Waals surface area contributed by atoms with Gasteiger partial charge in [0.1, 0.15) is 22.1 Å².